The minimum absolute atomic E-state index is 0.00370. The van der Waals surface area contributed by atoms with Crippen molar-refractivity contribution in [2.24, 2.45) is 5.92 Å². The number of rotatable bonds is 3. The van der Waals surface area contributed by atoms with Crippen LogP contribution in [0.5, 0.6) is 0 Å². The Kier molecular flexibility index (Phi) is 5.39. The number of hydrogen-bond donors (Lipinski definition) is 0. The number of benzene rings is 1. The van der Waals surface area contributed by atoms with Gasteiger partial charge in [-0.2, -0.15) is 0 Å². The van der Waals surface area contributed by atoms with E-state index >= 15 is 0 Å². The average molecular weight is 387 g/mol. The van der Waals surface area contributed by atoms with E-state index in [4.69, 9.17) is 4.74 Å². The van der Waals surface area contributed by atoms with Crippen molar-refractivity contribution in [1.29, 1.82) is 0 Å². The summed E-state index contributed by atoms with van der Waals surface area (Å²) in [6, 6.07) is 7.52. The quantitative estimate of drug-likeness (QED) is 0.592. The number of piperidine rings is 1. The maximum atomic E-state index is 12.5. The number of ether oxygens (including phenoxy) is 1. The van der Waals surface area contributed by atoms with Gasteiger partial charge in [0.1, 0.15) is 0 Å². The van der Waals surface area contributed by atoms with Crippen LogP contribution in [0.3, 0.4) is 0 Å². The second-order valence-corrected chi connectivity index (χ2v) is 5.98. The lowest BCUT2D eigenvalue weighted by molar-refractivity contribution is -0.149. The number of hydrogen-bond acceptors (Lipinski definition) is 3. The van der Waals surface area contributed by atoms with Gasteiger partial charge in [0.15, 0.2) is 0 Å². The molecule has 1 atom stereocenters. The van der Waals surface area contributed by atoms with E-state index in [2.05, 4.69) is 22.6 Å². The van der Waals surface area contributed by atoms with Crippen LogP contribution in [-0.2, 0) is 9.53 Å². The molecule has 0 radical (unpaired) electrons. The third kappa shape index (κ3) is 3.50. The van der Waals surface area contributed by atoms with Crippen molar-refractivity contribution < 1.29 is 14.3 Å². The van der Waals surface area contributed by atoms with Crippen molar-refractivity contribution in [3.63, 3.8) is 0 Å². The third-order valence-corrected chi connectivity index (χ3v) is 4.37. The van der Waals surface area contributed by atoms with Crippen molar-refractivity contribution in [2.45, 2.75) is 19.8 Å². The van der Waals surface area contributed by atoms with Gasteiger partial charge in [0.2, 0.25) is 0 Å². The van der Waals surface area contributed by atoms with E-state index in [9.17, 15) is 9.59 Å². The van der Waals surface area contributed by atoms with E-state index in [1.807, 2.05) is 24.3 Å². The summed E-state index contributed by atoms with van der Waals surface area (Å²) in [6.07, 6.45) is 1.65. The standard InChI is InChI=1S/C15H18INO3/c1-2-20-15(19)11-6-5-9-17(10-11)14(18)12-7-3-4-8-13(12)16/h3-4,7-8,11H,2,5-6,9-10H2,1H3. The molecule has 0 saturated carbocycles. The van der Waals surface area contributed by atoms with Crippen LogP contribution < -0.4 is 0 Å². The lowest BCUT2D eigenvalue weighted by Gasteiger charge is -2.31. The van der Waals surface area contributed by atoms with Crippen molar-refractivity contribution in [3.05, 3.63) is 33.4 Å². The zero-order chi connectivity index (χ0) is 14.5. The van der Waals surface area contributed by atoms with Crippen molar-refractivity contribution in [2.75, 3.05) is 19.7 Å². The molecule has 1 saturated heterocycles. The first-order valence-electron chi connectivity index (χ1n) is 6.84. The maximum absolute atomic E-state index is 12.5. The monoisotopic (exact) mass is 387 g/mol. The Morgan fingerprint density at radius 3 is 2.85 bits per heavy atom. The van der Waals surface area contributed by atoms with E-state index in [1.54, 1.807) is 11.8 Å². The molecule has 108 valence electrons. The molecule has 0 bridgehead atoms. The number of likely N-dealkylation sites (tertiary alicyclic amines) is 1. The topological polar surface area (TPSA) is 46.6 Å². The minimum atomic E-state index is -0.187. The lowest BCUT2D eigenvalue weighted by atomic mass is 9.97. The molecular weight excluding hydrogens is 369 g/mol. The van der Waals surface area contributed by atoms with Crippen LogP contribution in [0.25, 0.3) is 0 Å². The molecule has 1 aliphatic heterocycles. The zero-order valence-electron chi connectivity index (χ0n) is 11.5. The van der Waals surface area contributed by atoms with Crippen LogP contribution in [-0.4, -0.2) is 36.5 Å². The number of amides is 1. The Bertz CT molecular complexity index is 504. The molecule has 0 spiro atoms. The van der Waals surface area contributed by atoms with Crippen LogP contribution in [0.15, 0.2) is 24.3 Å². The molecule has 4 nitrogen and oxygen atoms in total. The highest BCUT2D eigenvalue weighted by Gasteiger charge is 2.30. The van der Waals surface area contributed by atoms with Gasteiger partial charge >= 0.3 is 5.97 Å². The number of esters is 1. The van der Waals surface area contributed by atoms with Crippen LogP contribution in [0.2, 0.25) is 0 Å². The largest absolute Gasteiger partial charge is 0.466 e. The molecular formula is C15H18INO3. The molecule has 20 heavy (non-hydrogen) atoms. The molecule has 1 amide bonds. The Labute approximate surface area is 132 Å². The second-order valence-electron chi connectivity index (χ2n) is 4.82. The lowest BCUT2D eigenvalue weighted by Crippen LogP contribution is -2.43. The molecule has 1 aliphatic rings. The molecule has 1 aromatic rings. The average Bonchev–Trinajstić information content (AvgIpc) is 2.47. The van der Waals surface area contributed by atoms with E-state index < -0.39 is 0 Å². The van der Waals surface area contributed by atoms with E-state index in [1.165, 1.54) is 0 Å². The van der Waals surface area contributed by atoms with Gasteiger partial charge in [-0.1, -0.05) is 12.1 Å². The van der Waals surface area contributed by atoms with Gasteiger partial charge in [-0.3, -0.25) is 9.59 Å². The molecule has 1 aromatic carbocycles. The Morgan fingerprint density at radius 1 is 1.40 bits per heavy atom. The number of carbonyl (C=O) groups excluding carboxylic acids is 2. The highest BCUT2D eigenvalue weighted by Crippen LogP contribution is 2.21. The first-order valence-corrected chi connectivity index (χ1v) is 7.91. The molecule has 0 aliphatic carbocycles. The second kappa shape index (κ2) is 7.06. The van der Waals surface area contributed by atoms with Gasteiger partial charge in [0.25, 0.3) is 5.91 Å². The summed E-state index contributed by atoms with van der Waals surface area (Å²) >= 11 is 2.16. The summed E-state index contributed by atoms with van der Waals surface area (Å²) in [5.74, 6) is -0.370. The number of nitrogens with zero attached hydrogens (tertiary/aromatic N) is 1. The highest BCUT2D eigenvalue weighted by molar-refractivity contribution is 14.1. The van der Waals surface area contributed by atoms with Crippen molar-refractivity contribution in [3.8, 4) is 0 Å². The fourth-order valence-electron chi connectivity index (χ4n) is 2.42. The Hall–Kier alpha value is -1.11. The predicted molar refractivity (Wildman–Crippen MR) is 84.4 cm³/mol. The molecule has 1 unspecified atom stereocenters. The zero-order valence-corrected chi connectivity index (χ0v) is 13.6. The van der Waals surface area contributed by atoms with E-state index in [0.29, 0.717) is 25.3 Å². The normalized spacial score (nSPS) is 18.7. The molecule has 0 N–H and O–H groups in total. The number of halogens is 1. The summed E-state index contributed by atoms with van der Waals surface area (Å²) in [7, 11) is 0. The molecule has 2 rings (SSSR count). The predicted octanol–water partition coefficient (Wildman–Crippen LogP) is 2.71. The summed E-state index contributed by atoms with van der Waals surface area (Å²) in [5.41, 5.74) is 0.706. The summed E-state index contributed by atoms with van der Waals surface area (Å²) in [4.78, 5) is 26.1. The third-order valence-electron chi connectivity index (χ3n) is 3.43. The van der Waals surface area contributed by atoms with Gasteiger partial charge in [0, 0.05) is 16.7 Å². The molecule has 5 heteroatoms. The SMILES string of the molecule is CCOC(=O)C1CCCN(C(=O)c2ccccc2I)C1. The van der Waals surface area contributed by atoms with E-state index in [-0.39, 0.29) is 17.8 Å². The van der Waals surface area contributed by atoms with Crippen molar-refractivity contribution >= 4 is 34.5 Å². The van der Waals surface area contributed by atoms with Crippen LogP contribution in [0.4, 0.5) is 0 Å². The number of carbonyl (C=O) groups is 2. The minimum Gasteiger partial charge on any atom is -0.466 e. The fraction of sp³-hybridized carbons (Fsp3) is 0.467. The Morgan fingerprint density at radius 2 is 2.15 bits per heavy atom. The van der Waals surface area contributed by atoms with E-state index in [0.717, 1.165) is 16.4 Å². The van der Waals surface area contributed by atoms with Crippen LogP contribution >= 0.6 is 22.6 Å². The van der Waals surface area contributed by atoms with Crippen LogP contribution in [0, 0.1) is 9.49 Å². The molecule has 0 aromatic heterocycles. The van der Waals surface area contributed by atoms with Gasteiger partial charge in [-0.15, -0.1) is 0 Å². The summed E-state index contributed by atoms with van der Waals surface area (Å²) in [6.45, 7) is 3.36. The smallest absolute Gasteiger partial charge is 0.310 e. The van der Waals surface area contributed by atoms with Gasteiger partial charge in [-0.05, 0) is 54.5 Å². The van der Waals surface area contributed by atoms with Gasteiger partial charge in [0.05, 0.1) is 18.1 Å². The van der Waals surface area contributed by atoms with Crippen molar-refractivity contribution in [1.82, 2.24) is 4.90 Å². The molecule has 1 fully saturated rings. The summed E-state index contributed by atoms with van der Waals surface area (Å²) < 4.78 is 6.00. The maximum Gasteiger partial charge on any atom is 0.310 e. The molecule has 1 heterocycles. The Balaban J connectivity index is 2.07. The fourth-order valence-corrected chi connectivity index (χ4v) is 3.04. The van der Waals surface area contributed by atoms with Gasteiger partial charge < -0.3 is 9.64 Å². The van der Waals surface area contributed by atoms with Crippen LogP contribution in [0.1, 0.15) is 30.1 Å². The first kappa shape index (κ1) is 15.3. The first-order chi connectivity index (χ1) is 9.63. The van der Waals surface area contributed by atoms with Gasteiger partial charge in [-0.25, -0.2) is 0 Å². The highest BCUT2D eigenvalue weighted by atomic mass is 127. The summed E-state index contributed by atoms with van der Waals surface area (Å²) in [5, 5.41) is 0.